The van der Waals surface area contributed by atoms with E-state index in [9.17, 15) is 13.6 Å². The molecular weight excluding hydrogens is 226 g/mol. The average molecular weight is 240 g/mol. The summed E-state index contributed by atoms with van der Waals surface area (Å²) in [6.07, 6.45) is -0.601. The van der Waals surface area contributed by atoms with Crippen LogP contribution < -0.4 is 0 Å². The molecule has 1 aromatic rings. The lowest BCUT2D eigenvalue weighted by Gasteiger charge is -2.13. The molecular formula is C13H14F2O2. The standard InChI is InChI=1S/C13H14F2O2/c1-8(2)9-3-5-10(6-4-9)12(11(16)17)7-13(12,14)15/h3-6,8H,7H2,1-2H3,(H,16,17). The molecule has 2 rings (SSSR count). The molecule has 0 radical (unpaired) electrons. The zero-order chi connectivity index (χ0) is 12.8. The number of carbonyl (C=O) groups is 1. The third kappa shape index (κ3) is 1.63. The first kappa shape index (κ1) is 12.0. The van der Waals surface area contributed by atoms with Gasteiger partial charge in [-0.05, 0) is 17.0 Å². The minimum atomic E-state index is -3.13. The lowest BCUT2D eigenvalue weighted by Crippen LogP contribution is -2.27. The molecule has 1 aromatic carbocycles. The molecule has 1 fully saturated rings. The molecule has 92 valence electrons. The van der Waals surface area contributed by atoms with E-state index in [0.29, 0.717) is 5.92 Å². The number of halogens is 2. The lowest BCUT2D eigenvalue weighted by molar-refractivity contribution is -0.142. The van der Waals surface area contributed by atoms with E-state index in [1.807, 2.05) is 13.8 Å². The molecule has 1 N–H and O–H groups in total. The van der Waals surface area contributed by atoms with Gasteiger partial charge in [0.15, 0.2) is 5.41 Å². The van der Waals surface area contributed by atoms with Crippen LogP contribution >= 0.6 is 0 Å². The maximum absolute atomic E-state index is 13.3. The summed E-state index contributed by atoms with van der Waals surface area (Å²) in [5, 5.41) is 8.99. The van der Waals surface area contributed by atoms with E-state index >= 15 is 0 Å². The fourth-order valence-corrected chi connectivity index (χ4v) is 2.11. The minimum absolute atomic E-state index is 0.194. The maximum atomic E-state index is 13.3. The van der Waals surface area contributed by atoms with Gasteiger partial charge >= 0.3 is 5.97 Å². The van der Waals surface area contributed by atoms with Gasteiger partial charge in [0.05, 0.1) is 0 Å². The summed E-state index contributed by atoms with van der Waals surface area (Å²) in [6, 6.07) is 6.45. The molecule has 0 saturated heterocycles. The highest BCUT2D eigenvalue weighted by molar-refractivity contribution is 5.87. The Morgan fingerprint density at radius 3 is 2.06 bits per heavy atom. The van der Waals surface area contributed by atoms with Crippen LogP contribution in [0.5, 0.6) is 0 Å². The number of alkyl halides is 2. The summed E-state index contributed by atoms with van der Waals surface area (Å²) >= 11 is 0. The molecule has 1 saturated carbocycles. The van der Waals surface area contributed by atoms with E-state index in [1.165, 1.54) is 12.1 Å². The molecule has 1 aliphatic carbocycles. The zero-order valence-electron chi connectivity index (χ0n) is 9.71. The molecule has 2 nitrogen and oxygen atoms in total. The Kier molecular flexibility index (Phi) is 2.49. The highest BCUT2D eigenvalue weighted by Crippen LogP contribution is 2.61. The van der Waals surface area contributed by atoms with E-state index in [0.717, 1.165) is 5.56 Å². The summed E-state index contributed by atoms with van der Waals surface area (Å²) in [6.45, 7) is 3.99. The SMILES string of the molecule is CC(C)c1ccc(C2(C(=O)O)CC2(F)F)cc1. The smallest absolute Gasteiger partial charge is 0.320 e. The van der Waals surface area contributed by atoms with Crippen LogP contribution in [0.4, 0.5) is 8.78 Å². The van der Waals surface area contributed by atoms with Crippen molar-refractivity contribution < 1.29 is 18.7 Å². The minimum Gasteiger partial charge on any atom is -0.480 e. The van der Waals surface area contributed by atoms with Crippen LogP contribution in [-0.2, 0) is 10.2 Å². The predicted molar refractivity (Wildman–Crippen MR) is 59.4 cm³/mol. The van der Waals surface area contributed by atoms with Gasteiger partial charge in [-0.1, -0.05) is 38.1 Å². The third-order valence-electron chi connectivity index (χ3n) is 3.42. The predicted octanol–water partition coefficient (Wildman–Crippen LogP) is 3.17. The number of aliphatic carboxylic acids is 1. The molecule has 1 atom stereocenters. The van der Waals surface area contributed by atoms with Crippen molar-refractivity contribution in [3.05, 3.63) is 35.4 Å². The second-order valence-corrected chi connectivity index (χ2v) is 4.87. The van der Waals surface area contributed by atoms with Gasteiger partial charge in [-0.3, -0.25) is 4.79 Å². The Morgan fingerprint density at radius 1 is 1.29 bits per heavy atom. The Hall–Kier alpha value is -1.45. The van der Waals surface area contributed by atoms with Gasteiger partial charge in [0, 0.05) is 6.42 Å². The first-order chi connectivity index (χ1) is 7.81. The molecule has 17 heavy (non-hydrogen) atoms. The normalized spacial score (nSPS) is 25.9. The molecule has 0 aliphatic heterocycles. The fraction of sp³-hybridized carbons (Fsp3) is 0.462. The average Bonchev–Trinajstić information content (AvgIpc) is 2.83. The highest BCUT2D eigenvalue weighted by Gasteiger charge is 2.77. The third-order valence-corrected chi connectivity index (χ3v) is 3.42. The van der Waals surface area contributed by atoms with Crippen molar-refractivity contribution in [3.8, 4) is 0 Å². The van der Waals surface area contributed by atoms with E-state index < -0.39 is 23.7 Å². The van der Waals surface area contributed by atoms with Crippen LogP contribution in [0.25, 0.3) is 0 Å². The number of benzene rings is 1. The Balaban J connectivity index is 2.38. The van der Waals surface area contributed by atoms with Gasteiger partial charge < -0.3 is 5.11 Å². The molecule has 1 aliphatic rings. The van der Waals surface area contributed by atoms with Gasteiger partial charge in [-0.2, -0.15) is 0 Å². The topological polar surface area (TPSA) is 37.3 Å². The largest absolute Gasteiger partial charge is 0.480 e. The van der Waals surface area contributed by atoms with E-state index in [2.05, 4.69) is 0 Å². The highest BCUT2D eigenvalue weighted by atomic mass is 19.3. The van der Waals surface area contributed by atoms with Gasteiger partial charge in [-0.15, -0.1) is 0 Å². The number of hydrogen-bond acceptors (Lipinski definition) is 1. The Labute approximate surface area is 98.3 Å². The molecule has 0 bridgehead atoms. The van der Waals surface area contributed by atoms with Crippen molar-refractivity contribution in [1.82, 2.24) is 0 Å². The molecule has 0 aromatic heterocycles. The van der Waals surface area contributed by atoms with Crippen LogP contribution in [0.1, 0.15) is 37.3 Å². The lowest BCUT2D eigenvalue weighted by atomic mass is 9.92. The monoisotopic (exact) mass is 240 g/mol. The summed E-state index contributed by atoms with van der Waals surface area (Å²) in [5.74, 6) is -4.28. The summed E-state index contributed by atoms with van der Waals surface area (Å²) in [7, 11) is 0. The molecule has 0 heterocycles. The fourth-order valence-electron chi connectivity index (χ4n) is 2.11. The van der Waals surface area contributed by atoms with Crippen molar-refractivity contribution in [1.29, 1.82) is 0 Å². The summed E-state index contributed by atoms with van der Waals surface area (Å²) < 4.78 is 26.5. The number of carboxylic acid groups (broad SMARTS) is 1. The van der Waals surface area contributed by atoms with Crippen LogP contribution in [0.3, 0.4) is 0 Å². The van der Waals surface area contributed by atoms with Crippen molar-refractivity contribution in [2.45, 2.75) is 37.5 Å². The van der Waals surface area contributed by atoms with E-state index in [4.69, 9.17) is 5.11 Å². The quantitative estimate of drug-likeness (QED) is 0.881. The van der Waals surface area contributed by atoms with Crippen molar-refractivity contribution >= 4 is 5.97 Å². The van der Waals surface area contributed by atoms with Gasteiger partial charge in [-0.25, -0.2) is 8.78 Å². The molecule has 1 unspecified atom stereocenters. The zero-order valence-corrected chi connectivity index (χ0v) is 9.71. The number of carboxylic acids is 1. The second kappa shape index (κ2) is 3.52. The molecule has 0 amide bonds. The first-order valence-corrected chi connectivity index (χ1v) is 5.53. The van der Waals surface area contributed by atoms with Crippen LogP contribution in [0.2, 0.25) is 0 Å². The second-order valence-electron chi connectivity index (χ2n) is 4.87. The van der Waals surface area contributed by atoms with Crippen molar-refractivity contribution in [3.63, 3.8) is 0 Å². The molecule has 0 spiro atoms. The molecule has 4 heteroatoms. The van der Waals surface area contributed by atoms with Crippen molar-refractivity contribution in [2.24, 2.45) is 0 Å². The van der Waals surface area contributed by atoms with E-state index in [1.54, 1.807) is 12.1 Å². The number of rotatable bonds is 3. The van der Waals surface area contributed by atoms with Gasteiger partial charge in [0.25, 0.3) is 5.92 Å². The number of hydrogen-bond donors (Lipinski definition) is 1. The Morgan fingerprint density at radius 2 is 1.76 bits per heavy atom. The van der Waals surface area contributed by atoms with Crippen LogP contribution in [-0.4, -0.2) is 17.0 Å². The van der Waals surface area contributed by atoms with Gasteiger partial charge in [0.1, 0.15) is 0 Å². The maximum Gasteiger partial charge on any atom is 0.320 e. The Bertz CT molecular complexity index is 451. The van der Waals surface area contributed by atoms with Crippen LogP contribution in [0.15, 0.2) is 24.3 Å². The van der Waals surface area contributed by atoms with Gasteiger partial charge in [0.2, 0.25) is 0 Å². The van der Waals surface area contributed by atoms with E-state index in [-0.39, 0.29) is 5.56 Å². The van der Waals surface area contributed by atoms with Crippen LogP contribution in [0, 0.1) is 0 Å². The summed E-state index contributed by atoms with van der Waals surface area (Å²) in [5.41, 5.74) is -0.791. The van der Waals surface area contributed by atoms with Crippen molar-refractivity contribution in [2.75, 3.05) is 0 Å². The first-order valence-electron chi connectivity index (χ1n) is 5.53. The summed E-state index contributed by atoms with van der Waals surface area (Å²) in [4.78, 5) is 11.0.